The molecule has 0 bridgehead atoms. The lowest BCUT2D eigenvalue weighted by Gasteiger charge is -2.24. The van der Waals surface area contributed by atoms with Crippen molar-refractivity contribution in [1.29, 1.82) is 0 Å². The Balaban J connectivity index is 1.63. The number of hydrogen-bond acceptors (Lipinski definition) is 4. The van der Waals surface area contributed by atoms with Gasteiger partial charge in [-0.25, -0.2) is 0 Å². The number of carbonyl (C=O) groups is 2. The van der Waals surface area contributed by atoms with Crippen molar-refractivity contribution in [3.63, 3.8) is 0 Å². The Kier molecular flexibility index (Phi) is 5.86. The standard InChI is InChI=1S/C24H24N2O3S/c1-17(27)26-12-11-18-14-19(9-10-22(18)26)24(28)25(16-21-7-5-13-30-21)15-20-6-3-4-8-23(20)29-2/h3-10,13-14H,11-12,15-16H2,1-2H3. The van der Waals surface area contributed by atoms with E-state index >= 15 is 0 Å². The van der Waals surface area contributed by atoms with E-state index in [2.05, 4.69) is 0 Å². The van der Waals surface area contributed by atoms with Gasteiger partial charge in [-0.05, 0) is 47.7 Å². The molecule has 0 unspecified atom stereocenters. The Morgan fingerprint density at radius 1 is 1.10 bits per heavy atom. The summed E-state index contributed by atoms with van der Waals surface area (Å²) in [6.45, 7) is 3.23. The van der Waals surface area contributed by atoms with Crippen LogP contribution in [0.25, 0.3) is 0 Å². The van der Waals surface area contributed by atoms with Crippen LogP contribution in [0.1, 0.15) is 33.3 Å². The van der Waals surface area contributed by atoms with Crippen molar-refractivity contribution in [2.24, 2.45) is 0 Å². The molecule has 0 radical (unpaired) electrons. The van der Waals surface area contributed by atoms with Crippen molar-refractivity contribution in [1.82, 2.24) is 4.90 Å². The number of fused-ring (bicyclic) bond motifs is 1. The highest BCUT2D eigenvalue weighted by molar-refractivity contribution is 7.09. The molecule has 2 amide bonds. The first-order valence-electron chi connectivity index (χ1n) is 9.91. The molecule has 0 spiro atoms. The topological polar surface area (TPSA) is 49.9 Å². The number of para-hydroxylation sites is 1. The second kappa shape index (κ2) is 8.71. The van der Waals surface area contributed by atoms with Gasteiger partial charge in [-0.1, -0.05) is 24.3 Å². The first-order chi connectivity index (χ1) is 14.6. The Bertz CT molecular complexity index is 1060. The molecule has 2 heterocycles. The lowest BCUT2D eigenvalue weighted by molar-refractivity contribution is -0.116. The summed E-state index contributed by atoms with van der Waals surface area (Å²) in [4.78, 5) is 30.1. The van der Waals surface area contributed by atoms with Gasteiger partial charge in [0.2, 0.25) is 5.91 Å². The number of thiophene rings is 1. The van der Waals surface area contributed by atoms with Gasteiger partial charge >= 0.3 is 0 Å². The molecule has 1 aliphatic heterocycles. The van der Waals surface area contributed by atoms with Crippen LogP contribution in [0.15, 0.2) is 60.0 Å². The Morgan fingerprint density at radius 2 is 1.93 bits per heavy atom. The molecular weight excluding hydrogens is 396 g/mol. The third-order valence-electron chi connectivity index (χ3n) is 5.37. The van der Waals surface area contributed by atoms with Crippen LogP contribution < -0.4 is 9.64 Å². The van der Waals surface area contributed by atoms with Gasteiger partial charge < -0.3 is 14.5 Å². The van der Waals surface area contributed by atoms with Crippen LogP contribution >= 0.6 is 11.3 Å². The first kappa shape index (κ1) is 20.2. The highest BCUT2D eigenvalue weighted by Crippen LogP contribution is 2.30. The SMILES string of the molecule is COc1ccccc1CN(Cc1cccs1)C(=O)c1ccc2c(c1)CCN2C(C)=O. The van der Waals surface area contributed by atoms with Gasteiger partial charge in [0.05, 0.1) is 20.2 Å². The number of carbonyl (C=O) groups excluding carboxylic acids is 2. The first-order valence-corrected chi connectivity index (χ1v) is 10.8. The average molecular weight is 421 g/mol. The van der Waals surface area contributed by atoms with Gasteiger partial charge in [0.15, 0.2) is 0 Å². The number of rotatable bonds is 6. The smallest absolute Gasteiger partial charge is 0.254 e. The molecule has 0 atom stereocenters. The molecule has 3 aromatic rings. The summed E-state index contributed by atoms with van der Waals surface area (Å²) in [7, 11) is 1.64. The fraction of sp³-hybridized carbons (Fsp3) is 0.250. The maximum Gasteiger partial charge on any atom is 0.254 e. The second-order valence-electron chi connectivity index (χ2n) is 7.32. The highest BCUT2D eigenvalue weighted by atomic mass is 32.1. The van der Waals surface area contributed by atoms with E-state index in [0.717, 1.165) is 33.9 Å². The van der Waals surface area contributed by atoms with Gasteiger partial charge in [0.1, 0.15) is 5.75 Å². The van der Waals surface area contributed by atoms with E-state index in [1.54, 1.807) is 30.3 Å². The molecule has 6 heteroatoms. The van der Waals surface area contributed by atoms with Crippen molar-refractivity contribution >= 4 is 28.8 Å². The normalized spacial score (nSPS) is 12.5. The molecule has 0 saturated heterocycles. The number of anilines is 1. The summed E-state index contributed by atoms with van der Waals surface area (Å²) in [5, 5.41) is 2.02. The molecule has 0 saturated carbocycles. The van der Waals surface area contributed by atoms with Crippen LogP contribution in [0.3, 0.4) is 0 Å². The van der Waals surface area contributed by atoms with E-state index in [0.29, 0.717) is 25.2 Å². The van der Waals surface area contributed by atoms with Crippen molar-refractivity contribution in [3.05, 3.63) is 81.5 Å². The molecule has 0 aliphatic carbocycles. The summed E-state index contributed by atoms with van der Waals surface area (Å²) in [6, 6.07) is 17.5. The second-order valence-corrected chi connectivity index (χ2v) is 8.35. The number of nitrogens with zero attached hydrogens (tertiary/aromatic N) is 2. The molecule has 2 aromatic carbocycles. The van der Waals surface area contributed by atoms with E-state index in [1.165, 1.54) is 0 Å². The lowest BCUT2D eigenvalue weighted by atomic mass is 10.1. The Morgan fingerprint density at radius 3 is 2.67 bits per heavy atom. The minimum absolute atomic E-state index is 0.0293. The van der Waals surface area contributed by atoms with Crippen LogP contribution in [0.2, 0.25) is 0 Å². The Hall–Kier alpha value is -3.12. The number of amides is 2. The van der Waals surface area contributed by atoms with E-state index in [1.807, 2.05) is 64.9 Å². The van der Waals surface area contributed by atoms with Crippen LogP contribution in [0.4, 0.5) is 5.69 Å². The third kappa shape index (κ3) is 4.09. The summed E-state index contributed by atoms with van der Waals surface area (Å²) in [6.07, 6.45) is 0.771. The van der Waals surface area contributed by atoms with E-state index in [9.17, 15) is 9.59 Å². The average Bonchev–Trinajstić information content (AvgIpc) is 3.42. The highest BCUT2D eigenvalue weighted by Gasteiger charge is 2.25. The van der Waals surface area contributed by atoms with E-state index < -0.39 is 0 Å². The number of hydrogen-bond donors (Lipinski definition) is 0. The van der Waals surface area contributed by atoms with Crippen molar-refractivity contribution in [2.75, 3.05) is 18.6 Å². The molecule has 0 fully saturated rings. The predicted octanol–water partition coefficient (Wildman–Crippen LogP) is 4.51. The summed E-state index contributed by atoms with van der Waals surface area (Å²) >= 11 is 1.64. The maximum atomic E-state index is 13.5. The quantitative estimate of drug-likeness (QED) is 0.590. The largest absolute Gasteiger partial charge is 0.496 e. The van der Waals surface area contributed by atoms with E-state index in [4.69, 9.17) is 4.74 Å². The number of ether oxygens (including phenoxy) is 1. The van der Waals surface area contributed by atoms with Gasteiger partial charge in [-0.2, -0.15) is 0 Å². The van der Waals surface area contributed by atoms with Gasteiger partial charge in [0.25, 0.3) is 5.91 Å². The zero-order valence-electron chi connectivity index (χ0n) is 17.1. The zero-order valence-corrected chi connectivity index (χ0v) is 17.9. The zero-order chi connectivity index (χ0) is 21.1. The molecule has 0 N–H and O–H groups in total. The summed E-state index contributed by atoms with van der Waals surface area (Å²) < 4.78 is 5.49. The molecule has 4 rings (SSSR count). The fourth-order valence-corrected chi connectivity index (χ4v) is 4.59. The lowest BCUT2D eigenvalue weighted by Crippen LogP contribution is -2.30. The minimum Gasteiger partial charge on any atom is -0.496 e. The van der Waals surface area contributed by atoms with Crippen LogP contribution in [-0.2, 0) is 24.3 Å². The molecule has 154 valence electrons. The van der Waals surface area contributed by atoms with Crippen LogP contribution in [0, 0.1) is 0 Å². The van der Waals surface area contributed by atoms with Gasteiger partial charge in [-0.3, -0.25) is 9.59 Å². The van der Waals surface area contributed by atoms with Crippen molar-refractivity contribution in [3.8, 4) is 5.75 Å². The molecule has 1 aromatic heterocycles. The van der Waals surface area contributed by atoms with Gasteiger partial charge in [0, 0.05) is 35.2 Å². The van der Waals surface area contributed by atoms with Gasteiger partial charge in [-0.15, -0.1) is 11.3 Å². The van der Waals surface area contributed by atoms with Crippen LogP contribution in [0.5, 0.6) is 5.75 Å². The van der Waals surface area contributed by atoms with Crippen molar-refractivity contribution in [2.45, 2.75) is 26.4 Å². The summed E-state index contributed by atoms with van der Waals surface area (Å²) in [5.41, 5.74) is 3.57. The molecule has 1 aliphatic rings. The van der Waals surface area contributed by atoms with E-state index in [-0.39, 0.29) is 11.8 Å². The maximum absolute atomic E-state index is 13.5. The Labute approximate surface area is 180 Å². The molecule has 30 heavy (non-hydrogen) atoms. The third-order valence-corrected chi connectivity index (χ3v) is 6.23. The summed E-state index contributed by atoms with van der Waals surface area (Å²) in [5.74, 6) is 0.772. The minimum atomic E-state index is -0.0293. The van der Waals surface area contributed by atoms with Crippen molar-refractivity contribution < 1.29 is 14.3 Å². The number of benzene rings is 2. The monoisotopic (exact) mass is 420 g/mol. The molecule has 5 nitrogen and oxygen atoms in total. The molecular formula is C24H24N2O3S. The van der Waals surface area contributed by atoms with Crippen LogP contribution in [-0.4, -0.2) is 30.4 Å². The number of methoxy groups -OCH3 is 1. The fourth-order valence-electron chi connectivity index (χ4n) is 3.87. The predicted molar refractivity (Wildman–Crippen MR) is 119 cm³/mol.